The van der Waals surface area contributed by atoms with Crippen molar-refractivity contribution in [1.82, 2.24) is 10.3 Å². The number of benzene rings is 3. The number of rotatable bonds is 9. The van der Waals surface area contributed by atoms with Crippen molar-refractivity contribution in [3.05, 3.63) is 89.9 Å². The molecule has 0 aliphatic heterocycles. The Hall–Kier alpha value is -4.37. The lowest BCUT2D eigenvalue weighted by Crippen LogP contribution is -2.44. The summed E-state index contributed by atoms with van der Waals surface area (Å²) in [6, 6.07) is 20.9. The summed E-state index contributed by atoms with van der Waals surface area (Å²) in [5.74, 6) is 1.46. The van der Waals surface area contributed by atoms with Crippen molar-refractivity contribution < 1.29 is 28.9 Å². The number of carbonyl (C=O) groups excluding carboxylic acids is 1. The average Bonchev–Trinajstić information content (AvgIpc) is 3.40. The second kappa shape index (κ2) is 11.8. The number of thiazole rings is 1. The van der Waals surface area contributed by atoms with Crippen LogP contribution in [0.2, 0.25) is 0 Å². The Morgan fingerprint density at radius 3 is 1.82 bits per heavy atom. The first kappa shape index (κ1) is 26.7. The fourth-order valence-corrected chi connectivity index (χ4v) is 4.10. The molecule has 9 heteroatoms. The van der Waals surface area contributed by atoms with Gasteiger partial charge < -0.3 is 24.6 Å². The fourth-order valence-electron chi connectivity index (χ4n) is 3.46. The van der Waals surface area contributed by atoms with E-state index in [9.17, 15) is 14.7 Å². The van der Waals surface area contributed by atoms with E-state index in [1.54, 1.807) is 74.7 Å². The third-order valence-electron chi connectivity index (χ3n) is 5.18. The van der Waals surface area contributed by atoms with Gasteiger partial charge in [-0.2, -0.15) is 0 Å². The minimum atomic E-state index is -1.14. The molecule has 0 bridgehead atoms. The third kappa shape index (κ3) is 7.81. The summed E-state index contributed by atoms with van der Waals surface area (Å²) >= 11 is 1.59. The average molecular weight is 533 g/mol. The van der Waals surface area contributed by atoms with E-state index in [0.29, 0.717) is 17.2 Å². The lowest BCUT2D eigenvalue weighted by atomic mass is 10.1. The topological polar surface area (TPSA) is 107 Å². The van der Waals surface area contributed by atoms with Crippen LogP contribution in [0.15, 0.2) is 84.4 Å². The molecule has 3 aromatic carbocycles. The number of nitrogens with one attached hydrogen (secondary N) is 1. The number of carboxylic acid groups (broad SMARTS) is 1. The van der Waals surface area contributed by atoms with E-state index in [2.05, 4.69) is 10.3 Å². The van der Waals surface area contributed by atoms with E-state index in [1.165, 1.54) is 0 Å². The number of aromatic nitrogens is 1. The molecule has 8 nitrogen and oxygen atoms in total. The van der Waals surface area contributed by atoms with Crippen molar-refractivity contribution in [1.29, 1.82) is 0 Å². The zero-order valence-electron chi connectivity index (χ0n) is 21.2. The van der Waals surface area contributed by atoms with Crippen LogP contribution in [0.25, 0.3) is 10.6 Å². The minimum Gasteiger partial charge on any atom is -0.480 e. The van der Waals surface area contributed by atoms with Crippen LogP contribution in [0.1, 0.15) is 26.3 Å². The van der Waals surface area contributed by atoms with Gasteiger partial charge in [-0.05, 0) is 87.0 Å². The molecule has 0 aliphatic rings. The largest absolute Gasteiger partial charge is 0.480 e. The van der Waals surface area contributed by atoms with Crippen LogP contribution in [0.4, 0.5) is 4.79 Å². The fraction of sp³-hybridized carbons (Fsp3) is 0.207. The predicted octanol–water partition coefficient (Wildman–Crippen LogP) is 6.92. The van der Waals surface area contributed by atoms with Crippen LogP contribution >= 0.6 is 11.3 Å². The van der Waals surface area contributed by atoms with Crippen molar-refractivity contribution >= 4 is 23.4 Å². The summed E-state index contributed by atoms with van der Waals surface area (Å²) in [6.07, 6.45) is 1.11. The van der Waals surface area contributed by atoms with Crippen LogP contribution in [0.3, 0.4) is 0 Å². The first-order valence-electron chi connectivity index (χ1n) is 11.9. The number of alkyl carbamates (subject to hydrolysis) is 1. The zero-order chi connectivity index (χ0) is 27.1. The molecule has 4 rings (SSSR count). The Labute approximate surface area is 224 Å². The van der Waals surface area contributed by atoms with Gasteiger partial charge in [0.05, 0.1) is 0 Å². The summed E-state index contributed by atoms with van der Waals surface area (Å²) < 4.78 is 17.0. The van der Waals surface area contributed by atoms with Crippen molar-refractivity contribution in [3.63, 3.8) is 0 Å². The lowest BCUT2D eigenvalue weighted by Gasteiger charge is -2.22. The van der Waals surface area contributed by atoms with Gasteiger partial charge in [0.1, 0.15) is 39.6 Å². The first-order chi connectivity index (χ1) is 18.1. The standard InChI is InChI=1S/C29H28N2O6S/c1-29(2,3)37-28(34)31-25(27(32)33)18-19-4-8-21(9-5-19)35-23-12-14-24(15-13-23)36-22-10-6-20(7-11-22)26-30-16-17-38-26/h4-17,25H,18H2,1-3H3,(H,31,34)(H,32,33)/t25-/m0/s1. The lowest BCUT2D eigenvalue weighted by molar-refractivity contribution is -0.139. The van der Waals surface area contributed by atoms with Gasteiger partial charge in [0.25, 0.3) is 0 Å². The maximum absolute atomic E-state index is 12.0. The van der Waals surface area contributed by atoms with Gasteiger partial charge in [0.2, 0.25) is 0 Å². The molecular weight excluding hydrogens is 504 g/mol. The molecule has 0 aliphatic carbocycles. The van der Waals surface area contributed by atoms with E-state index in [-0.39, 0.29) is 6.42 Å². The number of hydrogen-bond donors (Lipinski definition) is 2. The maximum atomic E-state index is 12.0. The summed E-state index contributed by atoms with van der Waals surface area (Å²) in [5, 5.41) is 14.8. The normalized spacial score (nSPS) is 11.9. The summed E-state index contributed by atoms with van der Waals surface area (Å²) in [7, 11) is 0. The van der Waals surface area contributed by atoms with Gasteiger partial charge in [-0.15, -0.1) is 11.3 Å². The highest BCUT2D eigenvalue weighted by molar-refractivity contribution is 7.13. The summed E-state index contributed by atoms with van der Waals surface area (Å²) in [6.45, 7) is 5.14. The Morgan fingerprint density at radius 1 is 0.868 bits per heavy atom. The van der Waals surface area contributed by atoms with Gasteiger partial charge in [0, 0.05) is 23.6 Å². The van der Waals surface area contributed by atoms with Crippen molar-refractivity contribution in [2.75, 3.05) is 0 Å². The summed E-state index contributed by atoms with van der Waals surface area (Å²) in [5.41, 5.74) is 1.05. The SMILES string of the molecule is CC(C)(C)OC(=O)N[C@@H](Cc1ccc(Oc2ccc(Oc3ccc(-c4nccs4)cc3)cc2)cc1)C(=O)O. The highest BCUT2D eigenvalue weighted by Gasteiger charge is 2.24. The second-order valence-corrected chi connectivity index (χ2v) is 10.3. The number of nitrogens with zero attached hydrogens (tertiary/aromatic N) is 1. The van der Waals surface area contributed by atoms with Gasteiger partial charge in [0.15, 0.2) is 0 Å². The highest BCUT2D eigenvalue weighted by Crippen LogP contribution is 2.29. The number of hydrogen-bond acceptors (Lipinski definition) is 7. The number of carboxylic acids is 1. The van der Waals surface area contributed by atoms with Crippen LogP contribution in [0, 0.1) is 0 Å². The maximum Gasteiger partial charge on any atom is 0.408 e. The van der Waals surface area contributed by atoms with Crippen molar-refractivity contribution in [3.8, 4) is 33.6 Å². The van der Waals surface area contributed by atoms with Gasteiger partial charge in [-0.3, -0.25) is 0 Å². The first-order valence-corrected chi connectivity index (χ1v) is 12.8. The molecule has 0 saturated carbocycles. The van der Waals surface area contributed by atoms with Gasteiger partial charge in [-0.1, -0.05) is 12.1 Å². The van der Waals surface area contributed by atoms with E-state index in [0.717, 1.165) is 21.9 Å². The Morgan fingerprint density at radius 2 is 1.37 bits per heavy atom. The third-order valence-corrected chi connectivity index (χ3v) is 6.00. The second-order valence-electron chi connectivity index (χ2n) is 9.42. The number of aliphatic carboxylic acids is 1. The molecule has 38 heavy (non-hydrogen) atoms. The van der Waals surface area contributed by atoms with Crippen LogP contribution < -0.4 is 14.8 Å². The van der Waals surface area contributed by atoms with E-state index in [4.69, 9.17) is 14.2 Å². The molecule has 0 fully saturated rings. The molecule has 0 radical (unpaired) electrons. The van der Waals surface area contributed by atoms with Crippen molar-refractivity contribution in [2.45, 2.75) is 38.8 Å². The Kier molecular flexibility index (Phi) is 8.28. The number of ether oxygens (including phenoxy) is 3. The summed E-state index contributed by atoms with van der Waals surface area (Å²) in [4.78, 5) is 27.9. The van der Waals surface area contributed by atoms with E-state index in [1.807, 2.05) is 41.8 Å². The van der Waals surface area contributed by atoms with E-state index < -0.39 is 23.7 Å². The van der Waals surface area contributed by atoms with Gasteiger partial charge in [-0.25, -0.2) is 14.6 Å². The smallest absolute Gasteiger partial charge is 0.408 e. The Bertz CT molecular complexity index is 1350. The molecule has 196 valence electrons. The van der Waals surface area contributed by atoms with Crippen LogP contribution in [-0.2, 0) is 16.0 Å². The number of carbonyl (C=O) groups is 2. The molecule has 0 unspecified atom stereocenters. The molecular formula is C29H28N2O6S. The minimum absolute atomic E-state index is 0.103. The molecule has 1 atom stereocenters. The van der Waals surface area contributed by atoms with Crippen molar-refractivity contribution in [2.24, 2.45) is 0 Å². The predicted molar refractivity (Wildman–Crippen MR) is 145 cm³/mol. The molecule has 0 spiro atoms. The molecule has 1 aromatic heterocycles. The molecule has 4 aromatic rings. The zero-order valence-corrected chi connectivity index (χ0v) is 22.0. The highest BCUT2D eigenvalue weighted by atomic mass is 32.1. The monoisotopic (exact) mass is 532 g/mol. The quantitative estimate of drug-likeness (QED) is 0.241. The van der Waals surface area contributed by atoms with E-state index >= 15 is 0 Å². The van der Waals surface area contributed by atoms with Crippen LogP contribution in [-0.4, -0.2) is 33.8 Å². The molecule has 0 saturated heterocycles. The van der Waals surface area contributed by atoms with Crippen LogP contribution in [0.5, 0.6) is 23.0 Å². The molecule has 2 N–H and O–H groups in total. The van der Waals surface area contributed by atoms with Gasteiger partial charge >= 0.3 is 12.1 Å². The molecule has 1 heterocycles. The Balaban J connectivity index is 1.31. The number of amides is 1. The molecule has 1 amide bonds.